The third kappa shape index (κ3) is 3.67. The van der Waals surface area contributed by atoms with Gasteiger partial charge in [0.15, 0.2) is 0 Å². The lowest BCUT2D eigenvalue weighted by molar-refractivity contribution is -0.385. The first-order valence-electron chi connectivity index (χ1n) is 6.70. The number of nitrogens with one attached hydrogen (secondary N) is 1. The van der Waals surface area contributed by atoms with E-state index in [-0.39, 0.29) is 10.6 Å². The van der Waals surface area contributed by atoms with Crippen LogP contribution in [0.2, 0.25) is 5.02 Å². The molecule has 104 valence electrons. The van der Waals surface area contributed by atoms with Crippen LogP contribution in [0.3, 0.4) is 0 Å². The Balaban J connectivity index is 1.94. The van der Waals surface area contributed by atoms with Crippen LogP contribution < -0.4 is 5.32 Å². The predicted octanol–water partition coefficient (Wildman–Crippen LogP) is 3.92. The Morgan fingerprint density at radius 1 is 1.47 bits per heavy atom. The number of rotatable bonds is 7. The van der Waals surface area contributed by atoms with Crippen molar-refractivity contribution in [3.8, 4) is 0 Å². The zero-order valence-electron chi connectivity index (χ0n) is 11.1. The molecule has 1 fully saturated rings. The zero-order chi connectivity index (χ0) is 13.9. The lowest BCUT2D eigenvalue weighted by atomic mass is 10.0. The van der Waals surface area contributed by atoms with Gasteiger partial charge in [-0.25, -0.2) is 0 Å². The first-order chi connectivity index (χ1) is 9.06. The summed E-state index contributed by atoms with van der Waals surface area (Å²) in [6.07, 6.45) is 4.98. The highest BCUT2D eigenvalue weighted by molar-refractivity contribution is 6.30. The summed E-state index contributed by atoms with van der Waals surface area (Å²) < 4.78 is 0. The first-order valence-corrected chi connectivity index (χ1v) is 7.08. The summed E-state index contributed by atoms with van der Waals surface area (Å²) in [5, 5.41) is 14.7. The average molecular weight is 283 g/mol. The van der Waals surface area contributed by atoms with E-state index in [9.17, 15) is 10.1 Å². The maximum atomic E-state index is 11.0. The van der Waals surface area contributed by atoms with E-state index in [2.05, 4.69) is 12.2 Å². The molecule has 0 heterocycles. The molecule has 1 N–H and O–H groups in total. The van der Waals surface area contributed by atoms with Crippen molar-refractivity contribution < 1.29 is 4.92 Å². The molecular formula is C14H19ClN2O2. The third-order valence-corrected chi connectivity index (χ3v) is 4.03. The lowest BCUT2D eigenvalue weighted by Gasteiger charge is -2.14. The van der Waals surface area contributed by atoms with E-state index < -0.39 is 0 Å². The molecule has 0 unspecified atom stereocenters. The molecule has 1 aliphatic carbocycles. The van der Waals surface area contributed by atoms with Crippen LogP contribution in [0, 0.1) is 15.5 Å². The Kier molecular flexibility index (Phi) is 4.42. The van der Waals surface area contributed by atoms with E-state index in [1.807, 2.05) is 0 Å². The molecule has 0 amide bonds. The first kappa shape index (κ1) is 14.3. The molecule has 0 radical (unpaired) electrons. The number of nitro groups is 1. The maximum Gasteiger partial charge on any atom is 0.275 e. The number of halogens is 1. The molecule has 2 rings (SSSR count). The van der Waals surface area contributed by atoms with Gasteiger partial charge in [-0.1, -0.05) is 24.9 Å². The Morgan fingerprint density at radius 3 is 2.79 bits per heavy atom. The summed E-state index contributed by atoms with van der Waals surface area (Å²) in [5.74, 6) is 0. The second-order valence-corrected chi connectivity index (χ2v) is 5.82. The van der Waals surface area contributed by atoms with Crippen LogP contribution in [0.25, 0.3) is 0 Å². The van der Waals surface area contributed by atoms with Gasteiger partial charge in [-0.15, -0.1) is 0 Å². The number of nitro benzene ring substituents is 1. The van der Waals surface area contributed by atoms with Crippen LogP contribution in [0.1, 0.15) is 38.2 Å². The number of hydrogen-bond donors (Lipinski definition) is 1. The highest BCUT2D eigenvalue weighted by Gasteiger charge is 2.40. The van der Waals surface area contributed by atoms with Gasteiger partial charge in [0, 0.05) is 29.7 Å². The van der Waals surface area contributed by atoms with E-state index in [1.54, 1.807) is 12.1 Å². The molecule has 19 heavy (non-hydrogen) atoms. The summed E-state index contributed by atoms with van der Waals surface area (Å²) in [7, 11) is 0. The van der Waals surface area contributed by atoms with Gasteiger partial charge in [-0.3, -0.25) is 10.1 Å². The Bertz CT molecular complexity index is 473. The normalized spacial score (nSPS) is 16.3. The molecule has 1 saturated carbocycles. The van der Waals surface area contributed by atoms with Crippen molar-refractivity contribution in [1.82, 2.24) is 5.32 Å². The van der Waals surface area contributed by atoms with Gasteiger partial charge in [0.05, 0.1) is 4.92 Å². The smallest absolute Gasteiger partial charge is 0.275 e. The van der Waals surface area contributed by atoms with Crippen LogP contribution in [0.4, 0.5) is 5.69 Å². The fourth-order valence-electron chi connectivity index (χ4n) is 2.54. The molecule has 0 aromatic heterocycles. The topological polar surface area (TPSA) is 55.2 Å². The monoisotopic (exact) mass is 282 g/mol. The van der Waals surface area contributed by atoms with Crippen LogP contribution in [0.5, 0.6) is 0 Å². The van der Waals surface area contributed by atoms with Crippen molar-refractivity contribution in [1.29, 1.82) is 0 Å². The second kappa shape index (κ2) is 5.88. The summed E-state index contributed by atoms with van der Waals surface area (Å²) in [4.78, 5) is 10.6. The lowest BCUT2D eigenvalue weighted by Crippen LogP contribution is -2.23. The molecule has 0 atom stereocenters. The van der Waals surface area contributed by atoms with Gasteiger partial charge in [0.2, 0.25) is 0 Å². The Labute approximate surface area is 118 Å². The molecule has 4 nitrogen and oxygen atoms in total. The SMILES string of the molecule is CCCC1(CNCc2ccc(Cl)cc2[N+](=O)[O-])CC1. The number of nitrogens with zero attached hydrogens (tertiary/aromatic N) is 1. The van der Waals surface area contributed by atoms with Crippen molar-refractivity contribution in [3.63, 3.8) is 0 Å². The molecule has 1 aromatic rings. The van der Waals surface area contributed by atoms with Gasteiger partial charge in [-0.2, -0.15) is 0 Å². The third-order valence-electron chi connectivity index (χ3n) is 3.80. The molecular weight excluding hydrogens is 264 g/mol. The van der Waals surface area contributed by atoms with E-state index >= 15 is 0 Å². The van der Waals surface area contributed by atoms with E-state index in [4.69, 9.17) is 11.6 Å². The summed E-state index contributed by atoms with van der Waals surface area (Å²) in [6, 6.07) is 4.84. The maximum absolute atomic E-state index is 11.0. The van der Waals surface area contributed by atoms with Crippen LogP contribution >= 0.6 is 11.6 Å². The predicted molar refractivity (Wildman–Crippen MR) is 76.4 cm³/mol. The number of benzene rings is 1. The summed E-state index contributed by atoms with van der Waals surface area (Å²) in [6.45, 7) is 3.67. The van der Waals surface area contributed by atoms with E-state index in [0.29, 0.717) is 22.5 Å². The zero-order valence-corrected chi connectivity index (χ0v) is 11.9. The highest BCUT2D eigenvalue weighted by Crippen LogP contribution is 2.48. The van der Waals surface area contributed by atoms with Crippen molar-refractivity contribution in [2.45, 2.75) is 39.2 Å². The molecule has 1 aromatic carbocycles. The van der Waals surface area contributed by atoms with Gasteiger partial charge in [0.1, 0.15) is 0 Å². The summed E-state index contributed by atoms with van der Waals surface area (Å²) in [5.41, 5.74) is 1.25. The van der Waals surface area contributed by atoms with Gasteiger partial charge in [-0.05, 0) is 36.8 Å². The van der Waals surface area contributed by atoms with Crippen molar-refractivity contribution in [2.75, 3.05) is 6.54 Å². The van der Waals surface area contributed by atoms with Gasteiger partial charge < -0.3 is 5.32 Å². The number of hydrogen-bond acceptors (Lipinski definition) is 3. The largest absolute Gasteiger partial charge is 0.312 e. The van der Waals surface area contributed by atoms with E-state index in [1.165, 1.54) is 31.7 Å². The highest BCUT2D eigenvalue weighted by atomic mass is 35.5. The second-order valence-electron chi connectivity index (χ2n) is 5.38. The Morgan fingerprint density at radius 2 is 2.21 bits per heavy atom. The molecule has 0 bridgehead atoms. The minimum absolute atomic E-state index is 0.0975. The average Bonchev–Trinajstić information content (AvgIpc) is 3.11. The quantitative estimate of drug-likeness (QED) is 0.609. The van der Waals surface area contributed by atoms with Crippen LogP contribution in [-0.2, 0) is 6.54 Å². The molecule has 0 aliphatic heterocycles. The van der Waals surface area contributed by atoms with Gasteiger partial charge >= 0.3 is 0 Å². The van der Waals surface area contributed by atoms with Gasteiger partial charge in [0.25, 0.3) is 5.69 Å². The van der Waals surface area contributed by atoms with Crippen molar-refractivity contribution in [3.05, 3.63) is 38.9 Å². The standard InChI is InChI=1S/C14H19ClN2O2/c1-2-5-14(6-7-14)10-16-9-11-3-4-12(15)8-13(11)17(18)19/h3-4,8,16H,2,5-7,9-10H2,1H3. The van der Waals surface area contributed by atoms with E-state index in [0.717, 1.165) is 6.54 Å². The van der Waals surface area contributed by atoms with Crippen LogP contribution in [0.15, 0.2) is 18.2 Å². The van der Waals surface area contributed by atoms with Crippen molar-refractivity contribution in [2.24, 2.45) is 5.41 Å². The minimum Gasteiger partial charge on any atom is -0.312 e. The summed E-state index contributed by atoms with van der Waals surface area (Å²) >= 11 is 5.79. The minimum atomic E-state index is -0.373. The Hall–Kier alpha value is -1.13. The fraction of sp³-hybridized carbons (Fsp3) is 0.571. The molecule has 5 heteroatoms. The van der Waals surface area contributed by atoms with Crippen molar-refractivity contribution >= 4 is 17.3 Å². The molecule has 0 saturated heterocycles. The molecule has 0 spiro atoms. The van der Waals surface area contributed by atoms with Crippen LogP contribution in [-0.4, -0.2) is 11.5 Å². The fourth-order valence-corrected chi connectivity index (χ4v) is 2.71. The molecule has 1 aliphatic rings.